The zero-order chi connectivity index (χ0) is 21.0. The summed E-state index contributed by atoms with van der Waals surface area (Å²) in [5.41, 5.74) is 8.09. The van der Waals surface area contributed by atoms with E-state index in [4.69, 9.17) is 10.5 Å². The minimum Gasteiger partial charge on any atom is -0.494 e. The summed E-state index contributed by atoms with van der Waals surface area (Å²) >= 11 is 0. The van der Waals surface area contributed by atoms with Crippen LogP contribution in [0.4, 0.5) is 5.69 Å². The lowest BCUT2D eigenvalue weighted by Crippen LogP contribution is -2.29. The fourth-order valence-electron chi connectivity index (χ4n) is 3.92. The third-order valence-electron chi connectivity index (χ3n) is 5.41. The molecule has 0 atom stereocenters. The average molecular weight is 429 g/mol. The summed E-state index contributed by atoms with van der Waals surface area (Å²) in [6, 6.07) is 13.1. The summed E-state index contributed by atoms with van der Waals surface area (Å²) in [4.78, 5) is 7.08. The SMILES string of the molecule is Nc1cccc2c1C(=NCCCOc1cccc(CN3CCCCC3)c1)NS2(=O)=O. The molecule has 0 amide bonds. The zero-order valence-corrected chi connectivity index (χ0v) is 17.8. The molecule has 0 unspecified atom stereocenters. The van der Waals surface area contributed by atoms with E-state index < -0.39 is 10.0 Å². The first-order chi connectivity index (χ1) is 14.5. The molecule has 8 heteroatoms. The Balaban J connectivity index is 1.30. The van der Waals surface area contributed by atoms with Gasteiger partial charge in [-0.1, -0.05) is 24.6 Å². The fourth-order valence-corrected chi connectivity index (χ4v) is 5.20. The number of piperidine rings is 1. The van der Waals surface area contributed by atoms with E-state index >= 15 is 0 Å². The molecule has 0 saturated carbocycles. The van der Waals surface area contributed by atoms with Gasteiger partial charge in [-0.25, -0.2) is 8.42 Å². The molecular weight excluding hydrogens is 400 g/mol. The number of sulfonamides is 1. The molecule has 4 rings (SSSR count). The second-order valence-corrected chi connectivity index (χ2v) is 9.39. The van der Waals surface area contributed by atoms with E-state index in [1.165, 1.54) is 44.0 Å². The van der Waals surface area contributed by atoms with Crippen LogP contribution in [0.25, 0.3) is 0 Å². The standard InChI is InChI=1S/C22H28N4O3S/c23-19-9-5-10-20-21(19)22(25-30(20,27)28)24-11-6-14-29-18-8-4-7-17(15-18)16-26-12-2-1-3-13-26/h4-5,7-10,15H,1-3,6,11-14,16,23H2,(H,24,25). The summed E-state index contributed by atoms with van der Waals surface area (Å²) in [5.74, 6) is 1.17. The molecule has 0 radical (unpaired) electrons. The maximum absolute atomic E-state index is 12.2. The van der Waals surface area contributed by atoms with E-state index in [2.05, 4.69) is 26.7 Å². The topological polar surface area (TPSA) is 97.0 Å². The van der Waals surface area contributed by atoms with Crippen molar-refractivity contribution in [3.05, 3.63) is 53.6 Å². The first-order valence-electron chi connectivity index (χ1n) is 10.4. The van der Waals surface area contributed by atoms with Crippen LogP contribution in [0, 0.1) is 0 Å². The molecule has 0 aliphatic carbocycles. The van der Waals surface area contributed by atoms with E-state index in [0.717, 1.165) is 12.3 Å². The Morgan fingerprint density at radius 1 is 1.10 bits per heavy atom. The largest absolute Gasteiger partial charge is 0.494 e. The Morgan fingerprint density at radius 3 is 2.73 bits per heavy atom. The van der Waals surface area contributed by atoms with Crippen molar-refractivity contribution in [1.29, 1.82) is 0 Å². The number of rotatable bonds is 7. The molecule has 2 aliphatic rings. The van der Waals surface area contributed by atoms with Crippen LogP contribution < -0.4 is 15.2 Å². The van der Waals surface area contributed by atoms with Crippen LogP contribution in [0.1, 0.15) is 36.8 Å². The predicted octanol–water partition coefficient (Wildman–Crippen LogP) is 2.76. The van der Waals surface area contributed by atoms with Crippen molar-refractivity contribution in [3.8, 4) is 5.75 Å². The molecule has 30 heavy (non-hydrogen) atoms. The number of likely N-dealkylation sites (tertiary alicyclic amines) is 1. The summed E-state index contributed by atoms with van der Waals surface area (Å²) in [7, 11) is -3.58. The normalized spacial score (nSPS) is 19.4. The van der Waals surface area contributed by atoms with Crippen molar-refractivity contribution in [2.24, 2.45) is 4.99 Å². The van der Waals surface area contributed by atoms with Gasteiger partial charge in [0, 0.05) is 25.2 Å². The highest BCUT2D eigenvalue weighted by Crippen LogP contribution is 2.27. The number of hydrogen-bond donors (Lipinski definition) is 2. The fraction of sp³-hybridized carbons (Fsp3) is 0.409. The van der Waals surface area contributed by atoms with Crippen molar-refractivity contribution in [3.63, 3.8) is 0 Å². The van der Waals surface area contributed by atoms with Gasteiger partial charge in [-0.05, 0) is 55.8 Å². The number of nitrogens with one attached hydrogen (secondary N) is 1. The Bertz CT molecular complexity index is 1030. The van der Waals surface area contributed by atoms with Crippen LogP contribution in [0.15, 0.2) is 52.4 Å². The molecule has 0 aromatic heterocycles. The average Bonchev–Trinajstić information content (AvgIpc) is 3.00. The van der Waals surface area contributed by atoms with Gasteiger partial charge < -0.3 is 10.5 Å². The lowest BCUT2D eigenvalue weighted by atomic mass is 10.1. The number of amidine groups is 1. The van der Waals surface area contributed by atoms with Gasteiger partial charge in [0.15, 0.2) is 0 Å². The van der Waals surface area contributed by atoms with Gasteiger partial charge in [0.2, 0.25) is 0 Å². The number of nitrogen functional groups attached to an aromatic ring is 1. The van der Waals surface area contributed by atoms with Gasteiger partial charge in [-0.15, -0.1) is 0 Å². The van der Waals surface area contributed by atoms with E-state index in [0.29, 0.717) is 36.7 Å². The highest BCUT2D eigenvalue weighted by Gasteiger charge is 2.32. The van der Waals surface area contributed by atoms with Crippen molar-refractivity contribution in [2.75, 3.05) is 32.0 Å². The van der Waals surface area contributed by atoms with Crippen molar-refractivity contribution >= 4 is 21.5 Å². The Kier molecular flexibility index (Phi) is 6.24. The molecule has 1 fully saturated rings. The van der Waals surface area contributed by atoms with Crippen LogP contribution in [0.5, 0.6) is 5.75 Å². The smallest absolute Gasteiger partial charge is 0.263 e. The summed E-state index contributed by atoms with van der Waals surface area (Å²) in [6.07, 6.45) is 4.57. The van der Waals surface area contributed by atoms with Crippen LogP contribution in [-0.2, 0) is 16.6 Å². The summed E-state index contributed by atoms with van der Waals surface area (Å²) < 4.78 is 32.7. The Hall–Kier alpha value is -2.58. The first-order valence-corrected chi connectivity index (χ1v) is 11.9. The van der Waals surface area contributed by atoms with E-state index in [1.807, 2.05) is 12.1 Å². The highest BCUT2D eigenvalue weighted by molar-refractivity contribution is 7.90. The van der Waals surface area contributed by atoms with Gasteiger partial charge in [-0.3, -0.25) is 14.6 Å². The summed E-state index contributed by atoms with van der Waals surface area (Å²) in [6.45, 7) is 4.25. The number of ether oxygens (including phenoxy) is 1. The van der Waals surface area contributed by atoms with Crippen LogP contribution in [0.3, 0.4) is 0 Å². The Morgan fingerprint density at radius 2 is 1.90 bits per heavy atom. The predicted molar refractivity (Wildman–Crippen MR) is 118 cm³/mol. The number of nitrogens with two attached hydrogens (primary N) is 1. The molecule has 3 N–H and O–H groups in total. The third kappa shape index (κ3) is 4.76. The van der Waals surface area contributed by atoms with E-state index in [1.54, 1.807) is 12.1 Å². The van der Waals surface area contributed by atoms with Gasteiger partial charge in [0.25, 0.3) is 10.0 Å². The lowest BCUT2D eigenvalue weighted by molar-refractivity contribution is 0.220. The van der Waals surface area contributed by atoms with Gasteiger partial charge in [-0.2, -0.15) is 0 Å². The highest BCUT2D eigenvalue weighted by atomic mass is 32.2. The van der Waals surface area contributed by atoms with Gasteiger partial charge in [0.1, 0.15) is 16.5 Å². The molecule has 2 heterocycles. The second kappa shape index (κ2) is 9.06. The number of hydrogen-bond acceptors (Lipinski definition) is 6. The monoisotopic (exact) mass is 428 g/mol. The third-order valence-corrected chi connectivity index (χ3v) is 6.79. The first kappa shape index (κ1) is 20.7. The molecule has 0 bridgehead atoms. The van der Waals surface area contributed by atoms with Gasteiger partial charge >= 0.3 is 0 Å². The van der Waals surface area contributed by atoms with Crippen LogP contribution in [-0.4, -0.2) is 45.4 Å². The molecule has 1 saturated heterocycles. The van der Waals surface area contributed by atoms with Crippen LogP contribution >= 0.6 is 0 Å². The molecule has 0 spiro atoms. The molecule has 2 aromatic rings. The minimum absolute atomic E-state index is 0.183. The minimum atomic E-state index is -3.58. The summed E-state index contributed by atoms with van der Waals surface area (Å²) in [5, 5.41) is 0. The molecule has 2 aromatic carbocycles. The van der Waals surface area contributed by atoms with Crippen molar-refractivity contribution < 1.29 is 13.2 Å². The molecule has 2 aliphatic heterocycles. The zero-order valence-electron chi connectivity index (χ0n) is 17.0. The van der Waals surface area contributed by atoms with E-state index in [9.17, 15) is 8.42 Å². The molecule has 160 valence electrons. The van der Waals surface area contributed by atoms with Crippen molar-refractivity contribution in [1.82, 2.24) is 9.62 Å². The van der Waals surface area contributed by atoms with E-state index in [-0.39, 0.29) is 4.90 Å². The maximum atomic E-state index is 12.2. The number of nitrogens with zero attached hydrogens (tertiary/aromatic N) is 2. The maximum Gasteiger partial charge on any atom is 0.263 e. The van der Waals surface area contributed by atoms with Gasteiger partial charge in [0.05, 0.1) is 12.2 Å². The van der Waals surface area contributed by atoms with Crippen molar-refractivity contribution in [2.45, 2.75) is 37.1 Å². The second-order valence-electron chi connectivity index (χ2n) is 7.74. The molecular formula is C22H28N4O3S. The number of anilines is 1. The number of fused-ring (bicyclic) bond motifs is 1. The molecule has 7 nitrogen and oxygen atoms in total. The lowest BCUT2D eigenvalue weighted by Gasteiger charge is -2.26. The quantitative estimate of drug-likeness (QED) is 0.522. The number of aliphatic imine (C=N–C) groups is 1. The number of benzene rings is 2. The Labute approximate surface area is 178 Å². The van der Waals surface area contributed by atoms with Crippen LogP contribution in [0.2, 0.25) is 0 Å².